The van der Waals surface area contributed by atoms with E-state index >= 15 is 0 Å². The molecule has 0 saturated heterocycles. The second kappa shape index (κ2) is 5.17. The zero-order valence-corrected chi connectivity index (χ0v) is 8.73. The van der Waals surface area contributed by atoms with Crippen LogP contribution in [0.5, 0.6) is 0 Å². The van der Waals surface area contributed by atoms with Crippen LogP contribution < -0.4 is 5.32 Å². The van der Waals surface area contributed by atoms with Gasteiger partial charge >= 0.3 is 5.97 Å². The van der Waals surface area contributed by atoms with Crippen LogP contribution >= 0.6 is 0 Å². The van der Waals surface area contributed by atoms with E-state index in [0.29, 0.717) is 6.54 Å². The van der Waals surface area contributed by atoms with E-state index in [2.05, 4.69) is 21.1 Å². The quantitative estimate of drug-likeness (QED) is 0.551. The van der Waals surface area contributed by atoms with Crippen LogP contribution in [0.15, 0.2) is 12.4 Å². The van der Waals surface area contributed by atoms with Gasteiger partial charge in [-0.2, -0.15) is 5.10 Å². The summed E-state index contributed by atoms with van der Waals surface area (Å²) in [4.78, 5) is 11.4. The second-order valence-corrected chi connectivity index (χ2v) is 2.99. The summed E-state index contributed by atoms with van der Waals surface area (Å²) in [5, 5.41) is 6.87. The summed E-state index contributed by atoms with van der Waals surface area (Å²) in [5.74, 6) is 2.03. The average Bonchev–Trinajstić information content (AvgIpc) is 2.65. The molecule has 0 spiro atoms. The minimum absolute atomic E-state index is 0.300. The number of nitrogens with one attached hydrogen (secondary N) is 1. The van der Waals surface area contributed by atoms with E-state index in [1.165, 1.54) is 7.11 Å². The Morgan fingerprint density at radius 1 is 1.87 bits per heavy atom. The van der Waals surface area contributed by atoms with Gasteiger partial charge in [-0.15, -0.1) is 6.42 Å². The number of aryl methyl sites for hydroxylation is 1. The van der Waals surface area contributed by atoms with Crippen molar-refractivity contribution in [2.75, 3.05) is 13.7 Å². The highest BCUT2D eigenvalue weighted by Crippen LogP contribution is 2.12. The molecule has 5 nitrogen and oxygen atoms in total. The van der Waals surface area contributed by atoms with E-state index in [9.17, 15) is 4.79 Å². The van der Waals surface area contributed by atoms with Crippen molar-refractivity contribution >= 4 is 5.97 Å². The molecule has 5 heteroatoms. The fraction of sp³-hybridized carbons (Fsp3) is 0.400. The molecule has 0 radical (unpaired) electrons. The topological polar surface area (TPSA) is 56.1 Å². The average molecular weight is 207 g/mol. The van der Waals surface area contributed by atoms with Crippen molar-refractivity contribution < 1.29 is 9.53 Å². The summed E-state index contributed by atoms with van der Waals surface area (Å²) < 4.78 is 6.28. The van der Waals surface area contributed by atoms with Crippen molar-refractivity contribution in [1.29, 1.82) is 0 Å². The van der Waals surface area contributed by atoms with E-state index in [0.717, 1.165) is 5.56 Å². The highest BCUT2D eigenvalue weighted by atomic mass is 16.5. The van der Waals surface area contributed by atoms with Crippen molar-refractivity contribution in [2.24, 2.45) is 7.05 Å². The molecule has 0 aliphatic carbocycles. The van der Waals surface area contributed by atoms with Gasteiger partial charge in [0.2, 0.25) is 0 Å². The molecule has 1 aromatic rings. The third-order valence-electron chi connectivity index (χ3n) is 1.90. The summed E-state index contributed by atoms with van der Waals surface area (Å²) in [6.45, 7) is 0.300. The van der Waals surface area contributed by atoms with Crippen LogP contribution in [0.1, 0.15) is 11.6 Å². The number of ether oxygens (including phenoxy) is 1. The number of aromatic nitrogens is 2. The summed E-state index contributed by atoms with van der Waals surface area (Å²) in [6, 6.07) is -0.556. The largest absolute Gasteiger partial charge is 0.468 e. The normalized spacial score (nSPS) is 11.8. The Kier molecular flexibility index (Phi) is 3.89. The lowest BCUT2D eigenvalue weighted by Gasteiger charge is -2.12. The third kappa shape index (κ3) is 2.82. The number of terminal acetylenes is 1. The molecule has 1 heterocycles. The van der Waals surface area contributed by atoms with Gasteiger partial charge in [-0.25, -0.2) is 4.79 Å². The number of carbonyl (C=O) groups excluding carboxylic acids is 1. The predicted molar refractivity (Wildman–Crippen MR) is 54.8 cm³/mol. The number of methoxy groups -OCH3 is 1. The molecule has 1 rings (SSSR count). The first kappa shape index (κ1) is 11.3. The van der Waals surface area contributed by atoms with Crippen molar-refractivity contribution in [3.63, 3.8) is 0 Å². The predicted octanol–water partition coefficient (Wildman–Crippen LogP) is -0.143. The molecule has 0 amide bonds. The molecule has 80 valence electrons. The molecule has 1 atom stereocenters. The molecule has 0 aliphatic heterocycles. The van der Waals surface area contributed by atoms with Gasteiger partial charge in [-0.1, -0.05) is 5.92 Å². The van der Waals surface area contributed by atoms with Crippen LogP contribution in [-0.4, -0.2) is 29.4 Å². The Morgan fingerprint density at radius 3 is 3.07 bits per heavy atom. The first-order valence-electron chi connectivity index (χ1n) is 4.42. The molecule has 0 saturated carbocycles. The lowest BCUT2D eigenvalue weighted by molar-refractivity contribution is -0.143. The van der Waals surface area contributed by atoms with Gasteiger partial charge in [0.05, 0.1) is 19.9 Å². The minimum Gasteiger partial charge on any atom is -0.468 e. The molecule has 1 N–H and O–H groups in total. The molecule has 1 unspecified atom stereocenters. The molecular formula is C10H13N3O2. The smallest absolute Gasteiger partial charge is 0.327 e. The molecule has 0 aliphatic rings. The summed E-state index contributed by atoms with van der Waals surface area (Å²) in [5.41, 5.74) is 0.736. The van der Waals surface area contributed by atoms with Gasteiger partial charge in [0.25, 0.3) is 0 Å². The van der Waals surface area contributed by atoms with Gasteiger partial charge in [-0.05, 0) is 0 Å². The molecule has 0 fully saturated rings. The van der Waals surface area contributed by atoms with E-state index in [1.54, 1.807) is 24.1 Å². The maximum absolute atomic E-state index is 11.4. The number of esters is 1. The van der Waals surface area contributed by atoms with Crippen LogP contribution in [0.4, 0.5) is 0 Å². The highest BCUT2D eigenvalue weighted by molar-refractivity contribution is 5.77. The number of hydrogen-bond acceptors (Lipinski definition) is 4. The lowest BCUT2D eigenvalue weighted by atomic mass is 10.1. The van der Waals surface area contributed by atoms with Crippen LogP contribution in [0.25, 0.3) is 0 Å². The van der Waals surface area contributed by atoms with Gasteiger partial charge in [0.1, 0.15) is 6.04 Å². The number of rotatable bonds is 4. The Labute approximate surface area is 88.4 Å². The van der Waals surface area contributed by atoms with Gasteiger partial charge < -0.3 is 4.74 Å². The lowest BCUT2D eigenvalue weighted by Crippen LogP contribution is -2.29. The fourth-order valence-corrected chi connectivity index (χ4v) is 1.21. The summed E-state index contributed by atoms with van der Waals surface area (Å²) in [7, 11) is 3.11. The Bertz CT molecular complexity index is 378. The number of nitrogens with zero attached hydrogens (tertiary/aromatic N) is 2. The molecule has 0 aromatic carbocycles. The third-order valence-corrected chi connectivity index (χ3v) is 1.90. The fourth-order valence-electron chi connectivity index (χ4n) is 1.21. The Hall–Kier alpha value is -1.80. The van der Waals surface area contributed by atoms with E-state index in [4.69, 9.17) is 6.42 Å². The SMILES string of the molecule is C#CCNC(C(=O)OC)c1cnn(C)c1. The number of carbonyl (C=O) groups is 1. The van der Waals surface area contributed by atoms with Crippen molar-refractivity contribution in [3.8, 4) is 12.3 Å². The van der Waals surface area contributed by atoms with Crippen LogP contribution in [0, 0.1) is 12.3 Å². The molecule has 15 heavy (non-hydrogen) atoms. The zero-order valence-electron chi connectivity index (χ0n) is 8.73. The summed E-state index contributed by atoms with van der Waals surface area (Å²) in [6.07, 6.45) is 8.46. The van der Waals surface area contributed by atoms with Crippen molar-refractivity contribution in [1.82, 2.24) is 15.1 Å². The standard InChI is InChI=1S/C10H13N3O2/c1-4-5-11-9(10(14)15-3)8-6-12-13(2)7-8/h1,6-7,9,11H,5H2,2-3H3. The minimum atomic E-state index is -0.556. The summed E-state index contributed by atoms with van der Waals surface area (Å²) >= 11 is 0. The molecule has 1 aromatic heterocycles. The van der Waals surface area contributed by atoms with Crippen LogP contribution in [0.3, 0.4) is 0 Å². The van der Waals surface area contributed by atoms with Crippen molar-refractivity contribution in [3.05, 3.63) is 18.0 Å². The first-order valence-corrected chi connectivity index (χ1v) is 4.42. The van der Waals surface area contributed by atoms with Gasteiger partial charge in [0.15, 0.2) is 0 Å². The highest BCUT2D eigenvalue weighted by Gasteiger charge is 2.21. The zero-order chi connectivity index (χ0) is 11.3. The van der Waals surface area contributed by atoms with E-state index in [1.807, 2.05) is 0 Å². The maximum atomic E-state index is 11.4. The van der Waals surface area contributed by atoms with Crippen LogP contribution in [0.2, 0.25) is 0 Å². The van der Waals surface area contributed by atoms with Gasteiger partial charge in [-0.3, -0.25) is 10.00 Å². The van der Waals surface area contributed by atoms with E-state index < -0.39 is 6.04 Å². The van der Waals surface area contributed by atoms with Crippen molar-refractivity contribution in [2.45, 2.75) is 6.04 Å². The monoisotopic (exact) mass is 207 g/mol. The van der Waals surface area contributed by atoms with Gasteiger partial charge in [0, 0.05) is 18.8 Å². The number of hydrogen-bond donors (Lipinski definition) is 1. The second-order valence-electron chi connectivity index (χ2n) is 2.99. The Balaban J connectivity index is 2.81. The maximum Gasteiger partial charge on any atom is 0.327 e. The van der Waals surface area contributed by atoms with E-state index in [-0.39, 0.29) is 5.97 Å². The van der Waals surface area contributed by atoms with Crippen LogP contribution in [-0.2, 0) is 16.6 Å². The Morgan fingerprint density at radius 2 is 2.60 bits per heavy atom. The first-order chi connectivity index (χ1) is 7.19. The molecular weight excluding hydrogens is 194 g/mol. The molecule has 0 bridgehead atoms.